The van der Waals surface area contributed by atoms with Crippen LogP contribution in [0.4, 0.5) is 18.9 Å². The number of halogens is 3. The summed E-state index contributed by atoms with van der Waals surface area (Å²) in [7, 11) is -5.82. The first-order chi connectivity index (χ1) is 9.66. The number of aldehydes is 1. The number of alkyl halides is 3. The van der Waals surface area contributed by atoms with Crippen molar-refractivity contribution in [3.63, 3.8) is 0 Å². The number of hydrogen-bond acceptors (Lipinski definition) is 5. The molecule has 0 saturated heterocycles. The van der Waals surface area contributed by atoms with Crippen molar-refractivity contribution < 1.29 is 30.6 Å². The van der Waals surface area contributed by atoms with Gasteiger partial charge >= 0.3 is 15.6 Å². The molecule has 0 unspecified atom stereocenters. The Kier molecular flexibility index (Phi) is 5.21. The van der Waals surface area contributed by atoms with Gasteiger partial charge in [0.15, 0.2) is 12.0 Å². The topological polar surface area (TPSA) is 63.7 Å². The third-order valence-corrected chi connectivity index (χ3v) is 3.70. The summed E-state index contributed by atoms with van der Waals surface area (Å²) in [5.41, 5.74) is -5.38. The molecule has 9 heteroatoms. The fourth-order valence-corrected chi connectivity index (χ4v) is 2.12. The van der Waals surface area contributed by atoms with Gasteiger partial charge in [0.05, 0.1) is 5.56 Å². The van der Waals surface area contributed by atoms with Crippen LogP contribution in [0.25, 0.3) is 0 Å². The lowest BCUT2D eigenvalue weighted by Crippen LogP contribution is -2.28. The number of carbonyl (C=O) groups is 1. The van der Waals surface area contributed by atoms with Crippen LogP contribution in [0.3, 0.4) is 0 Å². The Labute approximate surface area is 120 Å². The highest BCUT2D eigenvalue weighted by Gasteiger charge is 2.48. The zero-order chi connectivity index (χ0) is 16.3. The maximum atomic E-state index is 12.3. The van der Waals surface area contributed by atoms with Crippen molar-refractivity contribution in [3.8, 4) is 5.75 Å². The van der Waals surface area contributed by atoms with Gasteiger partial charge in [-0.05, 0) is 26.0 Å². The highest BCUT2D eigenvalue weighted by molar-refractivity contribution is 7.88. The highest BCUT2D eigenvalue weighted by Crippen LogP contribution is 2.31. The van der Waals surface area contributed by atoms with Crippen molar-refractivity contribution in [1.29, 1.82) is 0 Å². The first kappa shape index (κ1) is 17.3. The molecular weight excluding hydrogens is 311 g/mol. The van der Waals surface area contributed by atoms with Crippen LogP contribution in [0.2, 0.25) is 0 Å². The number of benzene rings is 1. The van der Waals surface area contributed by atoms with E-state index < -0.39 is 21.4 Å². The summed E-state index contributed by atoms with van der Waals surface area (Å²) < 4.78 is 63.1. The summed E-state index contributed by atoms with van der Waals surface area (Å²) in [5.74, 6) is -0.647. The van der Waals surface area contributed by atoms with E-state index in [9.17, 15) is 26.4 Å². The van der Waals surface area contributed by atoms with Crippen LogP contribution >= 0.6 is 0 Å². The molecule has 1 aromatic rings. The van der Waals surface area contributed by atoms with Crippen LogP contribution in [0.5, 0.6) is 5.75 Å². The molecular formula is C12H14F3NO4S. The zero-order valence-corrected chi connectivity index (χ0v) is 12.2. The van der Waals surface area contributed by atoms with Gasteiger partial charge in [0.2, 0.25) is 0 Å². The molecule has 0 aliphatic carbocycles. The van der Waals surface area contributed by atoms with Crippen LogP contribution in [0, 0.1) is 0 Å². The third-order valence-electron chi connectivity index (χ3n) is 2.74. The van der Waals surface area contributed by atoms with Crippen LogP contribution in [0.15, 0.2) is 18.2 Å². The molecule has 0 aliphatic heterocycles. The molecule has 0 amide bonds. The Bertz CT molecular complexity index is 609. The summed E-state index contributed by atoms with van der Waals surface area (Å²) in [4.78, 5) is 12.6. The second-order valence-corrected chi connectivity index (χ2v) is 5.53. The van der Waals surface area contributed by atoms with E-state index in [-0.39, 0.29) is 11.8 Å². The molecule has 5 nitrogen and oxygen atoms in total. The average Bonchev–Trinajstić information content (AvgIpc) is 2.38. The summed E-state index contributed by atoms with van der Waals surface area (Å²) in [6.45, 7) is 4.76. The lowest BCUT2D eigenvalue weighted by atomic mass is 10.2. The second kappa shape index (κ2) is 6.33. The Hall–Kier alpha value is -1.77. The van der Waals surface area contributed by atoms with E-state index >= 15 is 0 Å². The summed E-state index contributed by atoms with van der Waals surface area (Å²) in [5, 5.41) is 0. The third kappa shape index (κ3) is 3.87. The minimum atomic E-state index is -5.82. The number of anilines is 1. The molecule has 0 saturated carbocycles. The quantitative estimate of drug-likeness (QED) is 0.457. The van der Waals surface area contributed by atoms with Gasteiger partial charge in [0.25, 0.3) is 0 Å². The maximum absolute atomic E-state index is 12.3. The molecule has 0 N–H and O–H groups in total. The Morgan fingerprint density at radius 3 is 2.24 bits per heavy atom. The normalized spacial score (nSPS) is 12.0. The van der Waals surface area contributed by atoms with Gasteiger partial charge in [0, 0.05) is 24.8 Å². The molecule has 1 rings (SSSR count). The second-order valence-electron chi connectivity index (χ2n) is 4.00. The molecule has 0 heterocycles. The first-order valence-electron chi connectivity index (χ1n) is 6.01. The fraction of sp³-hybridized carbons (Fsp3) is 0.417. The molecule has 0 bridgehead atoms. The van der Waals surface area contributed by atoms with E-state index in [4.69, 9.17) is 0 Å². The van der Waals surface area contributed by atoms with Gasteiger partial charge < -0.3 is 9.08 Å². The molecule has 1 aromatic carbocycles. The molecule has 0 radical (unpaired) electrons. The lowest BCUT2D eigenvalue weighted by Gasteiger charge is -2.22. The van der Waals surface area contributed by atoms with Gasteiger partial charge in [-0.15, -0.1) is 0 Å². The fourth-order valence-electron chi connectivity index (χ4n) is 1.64. The van der Waals surface area contributed by atoms with Crippen molar-refractivity contribution >= 4 is 22.1 Å². The van der Waals surface area contributed by atoms with E-state index in [2.05, 4.69) is 4.18 Å². The SMILES string of the molecule is CCN(CC)c1ccc(C=O)c(OS(=O)(=O)C(F)(F)F)c1. The number of nitrogens with zero attached hydrogens (tertiary/aromatic N) is 1. The smallest absolute Gasteiger partial charge is 0.375 e. The van der Waals surface area contributed by atoms with Crippen LogP contribution in [0.1, 0.15) is 24.2 Å². The monoisotopic (exact) mass is 325 g/mol. The number of hydrogen-bond donors (Lipinski definition) is 0. The minimum absolute atomic E-state index is 0.229. The molecule has 118 valence electrons. The largest absolute Gasteiger partial charge is 0.534 e. The van der Waals surface area contributed by atoms with Crippen molar-refractivity contribution in [1.82, 2.24) is 0 Å². The maximum Gasteiger partial charge on any atom is 0.534 e. The lowest BCUT2D eigenvalue weighted by molar-refractivity contribution is -0.0500. The summed E-state index contributed by atoms with van der Waals surface area (Å²) >= 11 is 0. The van der Waals surface area contributed by atoms with E-state index in [0.29, 0.717) is 18.8 Å². The zero-order valence-electron chi connectivity index (χ0n) is 11.3. The first-order valence-corrected chi connectivity index (χ1v) is 7.42. The molecule has 0 fully saturated rings. The predicted octanol–water partition coefficient (Wildman–Crippen LogP) is 2.57. The van der Waals surface area contributed by atoms with Gasteiger partial charge in [-0.25, -0.2) is 0 Å². The standard InChI is InChI=1S/C12H14F3NO4S/c1-3-16(4-2)10-6-5-9(8-17)11(7-10)20-21(18,19)12(13,14)15/h5-8H,3-4H2,1-2H3. The number of rotatable bonds is 6. The van der Waals surface area contributed by atoms with Crippen LogP contribution in [-0.2, 0) is 10.1 Å². The van der Waals surface area contributed by atoms with Crippen LogP contribution < -0.4 is 9.08 Å². The minimum Gasteiger partial charge on any atom is -0.375 e. The van der Waals surface area contributed by atoms with E-state index in [1.165, 1.54) is 12.1 Å². The van der Waals surface area contributed by atoms with E-state index in [1.54, 1.807) is 4.90 Å². The summed E-state index contributed by atoms with van der Waals surface area (Å²) in [6.07, 6.45) is 0.229. The molecule has 21 heavy (non-hydrogen) atoms. The van der Waals surface area contributed by atoms with Gasteiger partial charge in [-0.1, -0.05) is 0 Å². The molecule has 0 aliphatic rings. The van der Waals surface area contributed by atoms with Gasteiger partial charge in [0.1, 0.15) is 0 Å². The van der Waals surface area contributed by atoms with E-state index in [0.717, 1.165) is 6.07 Å². The highest BCUT2D eigenvalue weighted by atomic mass is 32.2. The van der Waals surface area contributed by atoms with Crippen molar-refractivity contribution in [2.24, 2.45) is 0 Å². The van der Waals surface area contributed by atoms with Crippen molar-refractivity contribution in [3.05, 3.63) is 23.8 Å². The molecule has 0 spiro atoms. The Morgan fingerprint density at radius 1 is 1.24 bits per heavy atom. The van der Waals surface area contributed by atoms with Gasteiger partial charge in [-0.3, -0.25) is 4.79 Å². The molecule has 0 atom stereocenters. The Morgan fingerprint density at radius 2 is 1.81 bits per heavy atom. The Balaban J connectivity index is 3.28. The average molecular weight is 325 g/mol. The van der Waals surface area contributed by atoms with E-state index in [1.807, 2.05) is 13.8 Å². The number of carbonyl (C=O) groups excluding carboxylic acids is 1. The summed E-state index contributed by atoms with van der Waals surface area (Å²) in [6, 6.07) is 3.81. The van der Waals surface area contributed by atoms with Crippen molar-refractivity contribution in [2.45, 2.75) is 19.4 Å². The van der Waals surface area contributed by atoms with Gasteiger partial charge in [-0.2, -0.15) is 21.6 Å². The van der Waals surface area contributed by atoms with Crippen molar-refractivity contribution in [2.75, 3.05) is 18.0 Å². The van der Waals surface area contributed by atoms with Crippen LogP contribution in [-0.4, -0.2) is 33.3 Å². The molecule has 0 aromatic heterocycles. The predicted molar refractivity (Wildman–Crippen MR) is 71.0 cm³/mol.